The quantitative estimate of drug-likeness (QED) is 0.374. The Balaban J connectivity index is 0.000000145. The molecule has 5 nitrogen and oxygen atoms in total. The van der Waals surface area contributed by atoms with E-state index in [2.05, 4.69) is 10.0 Å². The van der Waals surface area contributed by atoms with Crippen molar-refractivity contribution in [1.29, 1.82) is 0 Å². The monoisotopic (exact) mass is 185 g/mol. The molecule has 0 amide bonds. The van der Waals surface area contributed by atoms with E-state index in [1.807, 2.05) is 0 Å². The predicted molar refractivity (Wildman–Crippen MR) is 48.4 cm³/mol. The molecule has 2 aliphatic heterocycles. The van der Waals surface area contributed by atoms with Crippen molar-refractivity contribution in [1.82, 2.24) is 0 Å². The van der Waals surface area contributed by atoms with Crippen LogP contribution in [0.4, 0.5) is 0 Å². The highest BCUT2D eigenvalue weighted by Gasteiger charge is 2.15. The number of ether oxygens (including phenoxy) is 2. The standard InChI is InChI=1S/C4H7N3O.C4H8O/c5-7-6-3-4-1-2-8-4;1-2-4-5-3-1/h4H,1-3H2;1-4H2. The van der Waals surface area contributed by atoms with E-state index in [9.17, 15) is 0 Å². The minimum absolute atomic E-state index is 0.214. The third-order valence-electron chi connectivity index (χ3n) is 1.97. The Labute approximate surface area is 77.6 Å². The molecule has 0 N–H and O–H groups in total. The van der Waals surface area contributed by atoms with Crippen LogP contribution in [-0.2, 0) is 9.47 Å². The van der Waals surface area contributed by atoms with E-state index < -0.39 is 0 Å². The first-order valence-electron chi connectivity index (χ1n) is 4.63. The van der Waals surface area contributed by atoms with Crippen LogP contribution in [0.1, 0.15) is 19.3 Å². The first-order chi connectivity index (χ1) is 6.43. The molecule has 0 aromatic rings. The van der Waals surface area contributed by atoms with Crippen molar-refractivity contribution in [3.63, 3.8) is 0 Å². The third-order valence-corrected chi connectivity index (χ3v) is 1.97. The first-order valence-corrected chi connectivity index (χ1v) is 4.63. The van der Waals surface area contributed by atoms with E-state index in [-0.39, 0.29) is 6.10 Å². The molecule has 0 aromatic heterocycles. The van der Waals surface area contributed by atoms with Crippen LogP contribution in [0.15, 0.2) is 5.11 Å². The smallest absolute Gasteiger partial charge is 0.0653 e. The van der Waals surface area contributed by atoms with E-state index in [1.54, 1.807) is 0 Å². The Morgan fingerprint density at radius 1 is 1.31 bits per heavy atom. The lowest BCUT2D eigenvalue weighted by Gasteiger charge is -2.24. The molecule has 2 heterocycles. The molecule has 0 aromatic carbocycles. The van der Waals surface area contributed by atoms with Gasteiger partial charge in [0.2, 0.25) is 0 Å². The van der Waals surface area contributed by atoms with Crippen LogP contribution in [0.3, 0.4) is 0 Å². The second kappa shape index (κ2) is 6.71. The van der Waals surface area contributed by atoms with Crippen molar-refractivity contribution in [2.45, 2.75) is 25.4 Å². The Morgan fingerprint density at radius 3 is 2.31 bits per heavy atom. The minimum atomic E-state index is 0.214. The third kappa shape index (κ3) is 4.72. The molecule has 13 heavy (non-hydrogen) atoms. The number of rotatable bonds is 2. The molecule has 0 radical (unpaired) electrons. The second-order valence-corrected chi connectivity index (χ2v) is 3.01. The molecule has 0 spiro atoms. The Hall–Kier alpha value is -0.770. The van der Waals surface area contributed by atoms with Gasteiger partial charge in [-0.2, -0.15) is 0 Å². The number of hydrogen-bond donors (Lipinski definition) is 0. The predicted octanol–water partition coefficient (Wildman–Crippen LogP) is 1.88. The minimum Gasteiger partial charge on any atom is -0.381 e. The second-order valence-electron chi connectivity index (χ2n) is 3.01. The maximum Gasteiger partial charge on any atom is 0.0653 e. The highest BCUT2D eigenvalue weighted by atomic mass is 16.5. The van der Waals surface area contributed by atoms with Gasteiger partial charge in [0.15, 0.2) is 0 Å². The van der Waals surface area contributed by atoms with Crippen molar-refractivity contribution in [3.05, 3.63) is 10.4 Å². The lowest BCUT2D eigenvalue weighted by Crippen LogP contribution is -2.29. The molecular formula is C8H15N3O2. The molecule has 2 rings (SSSR count). The Morgan fingerprint density at radius 2 is 2.00 bits per heavy atom. The largest absolute Gasteiger partial charge is 0.381 e. The summed E-state index contributed by atoms with van der Waals surface area (Å²) in [7, 11) is 0. The maximum absolute atomic E-state index is 7.84. The highest BCUT2D eigenvalue weighted by molar-refractivity contribution is 4.68. The Bertz CT molecular complexity index is 165. The highest BCUT2D eigenvalue weighted by Crippen LogP contribution is 2.10. The molecule has 2 fully saturated rings. The van der Waals surface area contributed by atoms with Crippen molar-refractivity contribution in [2.75, 3.05) is 26.4 Å². The van der Waals surface area contributed by atoms with Crippen LogP contribution >= 0.6 is 0 Å². The van der Waals surface area contributed by atoms with Gasteiger partial charge in [0, 0.05) is 24.7 Å². The number of azide groups is 1. The van der Waals surface area contributed by atoms with E-state index in [4.69, 9.17) is 15.0 Å². The SMILES string of the molecule is C1CCOC1.[N-]=[N+]=NCC1CCO1. The number of hydrogen-bond acceptors (Lipinski definition) is 3. The zero-order valence-corrected chi connectivity index (χ0v) is 7.69. The molecule has 74 valence electrons. The van der Waals surface area contributed by atoms with Gasteiger partial charge in [-0.3, -0.25) is 0 Å². The van der Waals surface area contributed by atoms with Gasteiger partial charge in [-0.15, -0.1) is 0 Å². The summed E-state index contributed by atoms with van der Waals surface area (Å²) in [6.07, 6.45) is 3.81. The van der Waals surface area contributed by atoms with Crippen LogP contribution in [0, 0.1) is 0 Å². The summed E-state index contributed by atoms with van der Waals surface area (Å²) in [5, 5.41) is 3.35. The average Bonchev–Trinajstić information content (AvgIpc) is 2.58. The Kier molecular flexibility index (Phi) is 5.33. The summed E-state index contributed by atoms with van der Waals surface area (Å²) in [6, 6.07) is 0. The van der Waals surface area contributed by atoms with Gasteiger partial charge in [0.25, 0.3) is 0 Å². The van der Waals surface area contributed by atoms with Crippen LogP contribution in [-0.4, -0.2) is 32.5 Å². The molecule has 0 saturated carbocycles. The van der Waals surface area contributed by atoms with E-state index in [0.29, 0.717) is 6.54 Å². The van der Waals surface area contributed by atoms with Gasteiger partial charge in [0.05, 0.1) is 12.6 Å². The summed E-state index contributed by atoms with van der Waals surface area (Å²) in [6.45, 7) is 3.32. The molecule has 1 unspecified atom stereocenters. The lowest BCUT2D eigenvalue weighted by atomic mass is 10.2. The fourth-order valence-corrected chi connectivity index (χ4v) is 1.07. The van der Waals surface area contributed by atoms with Crippen LogP contribution in [0.5, 0.6) is 0 Å². The van der Waals surface area contributed by atoms with E-state index in [1.165, 1.54) is 12.8 Å². The summed E-state index contributed by atoms with van der Waals surface area (Å²) in [4.78, 5) is 2.60. The van der Waals surface area contributed by atoms with Crippen molar-refractivity contribution in [2.24, 2.45) is 5.11 Å². The van der Waals surface area contributed by atoms with Crippen LogP contribution in [0.2, 0.25) is 0 Å². The summed E-state index contributed by atoms with van der Waals surface area (Å²) >= 11 is 0. The van der Waals surface area contributed by atoms with E-state index in [0.717, 1.165) is 26.2 Å². The molecular weight excluding hydrogens is 170 g/mol. The van der Waals surface area contributed by atoms with Crippen LogP contribution in [0.25, 0.3) is 10.4 Å². The molecule has 0 aliphatic carbocycles. The molecule has 1 atom stereocenters. The van der Waals surface area contributed by atoms with Gasteiger partial charge >= 0.3 is 0 Å². The van der Waals surface area contributed by atoms with Gasteiger partial charge in [-0.1, -0.05) is 5.11 Å². The lowest BCUT2D eigenvalue weighted by molar-refractivity contribution is -0.0434. The zero-order valence-electron chi connectivity index (χ0n) is 7.69. The average molecular weight is 185 g/mol. The maximum atomic E-state index is 7.84. The number of nitrogens with zero attached hydrogens (tertiary/aromatic N) is 3. The van der Waals surface area contributed by atoms with Crippen LogP contribution < -0.4 is 0 Å². The summed E-state index contributed by atoms with van der Waals surface area (Å²) in [5.74, 6) is 0. The topological polar surface area (TPSA) is 67.2 Å². The summed E-state index contributed by atoms with van der Waals surface area (Å²) in [5.41, 5.74) is 7.84. The van der Waals surface area contributed by atoms with Crippen molar-refractivity contribution >= 4 is 0 Å². The molecule has 5 heteroatoms. The zero-order chi connectivity index (χ0) is 9.36. The van der Waals surface area contributed by atoms with E-state index >= 15 is 0 Å². The molecule has 2 saturated heterocycles. The van der Waals surface area contributed by atoms with Crippen molar-refractivity contribution in [3.8, 4) is 0 Å². The van der Waals surface area contributed by atoms with Gasteiger partial charge in [0.1, 0.15) is 0 Å². The fraction of sp³-hybridized carbons (Fsp3) is 1.00. The van der Waals surface area contributed by atoms with Gasteiger partial charge < -0.3 is 9.47 Å². The van der Waals surface area contributed by atoms with Gasteiger partial charge in [-0.25, -0.2) is 0 Å². The molecule has 2 aliphatic rings. The van der Waals surface area contributed by atoms with Crippen molar-refractivity contribution < 1.29 is 9.47 Å². The fourth-order valence-electron chi connectivity index (χ4n) is 1.07. The first kappa shape index (κ1) is 10.3. The normalized spacial score (nSPS) is 25.1. The van der Waals surface area contributed by atoms with Gasteiger partial charge in [-0.05, 0) is 24.8 Å². The molecule has 0 bridgehead atoms. The summed E-state index contributed by atoms with van der Waals surface area (Å²) < 4.78 is 9.91.